The van der Waals surface area contributed by atoms with Crippen LogP contribution >= 0.6 is 0 Å². The first-order chi connectivity index (χ1) is 11.1. The molecule has 0 bridgehead atoms. The lowest BCUT2D eigenvalue weighted by Crippen LogP contribution is -1.99. The van der Waals surface area contributed by atoms with E-state index in [4.69, 9.17) is 4.52 Å². The smallest absolute Gasteiger partial charge is 0.280 e. The Balaban J connectivity index is 1.73. The van der Waals surface area contributed by atoms with Gasteiger partial charge in [0.2, 0.25) is 11.7 Å². The third-order valence-corrected chi connectivity index (χ3v) is 3.49. The van der Waals surface area contributed by atoms with Crippen molar-refractivity contribution in [3.63, 3.8) is 0 Å². The van der Waals surface area contributed by atoms with E-state index in [1.165, 1.54) is 18.3 Å². The fourth-order valence-electron chi connectivity index (χ4n) is 2.19. The highest BCUT2D eigenvalue weighted by Gasteiger charge is 2.15. The Kier molecular flexibility index (Phi) is 4.36. The summed E-state index contributed by atoms with van der Waals surface area (Å²) in [6.07, 6.45) is 2.79. The Morgan fingerprint density at radius 1 is 1.13 bits per heavy atom. The molecule has 0 aliphatic rings. The molecule has 7 heteroatoms. The summed E-state index contributed by atoms with van der Waals surface area (Å²) in [6, 6.07) is 6.65. The fraction of sp³-hybridized carbons (Fsp3) is 0.250. The van der Waals surface area contributed by atoms with E-state index in [0.717, 1.165) is 5.56 Å². The predicted octanol–water partition coefficient (Wildman–Crippen LogP) is 3.81. The molecule has 1 unspecified atom stereocenters. The number of rotatable bonds is 5. The zero-order valence-electron chi connectivity index (χ0n) is 12.4. The number of pyridine rings is 2. The third kappa shape index (κ3) is 3.56. The van der Waals surface area contributed by atoms with Crippen molar-refractivity contribution in [1.29, 1.82) is 0 Å². The van der Waals surface area contributed by atoms with Gasteiger partial charge in [-0.15, -0.1) is 0 Å². The number of alkyl halides is 2. The molecule has 3 rings (SSSR count). The monoisotopic (exact) mass is 316 g/mol. The van der Waals surface area contributed by atoms with Gasteiger partial charge in [-0.1, -0.05) is 12.1 Å². The van der Waals surface area contributed by atoms with Crippen LogP contribution in [0.1, 0.15) is 36.4 Å². The second-order valence-electron chi connectivity index (χ2n) is 5.17. The molecular formula is C16H14F2N4O. The predicted molar refractivity (Wildman–Crippen MR) is 78.8 cm³/mol. The summed E-state index contributed by atoms with van der Waals surface area (Å²) < 4.78 is 30.2. The van der Waals surface area contributed by atoms with Gasteiger partial charge in [0.1, 0.15) is 5.69 Å². The molecule has 118 valence electrons. The van der Waals surface area contributed by atoms with Gasteiger partial charge < -0.3 is 4.52 Å². The van der Waals surface area contributed by atoms with Gasteiger partial charge in [0.05, 0.1) is 0 Å². The van der Waals surface area contributed by atoms with Gasteiger partial charge in [-0.05, 0) is 35.7 Å². The molecule has 3 aromatic rings. The van der Waals surface area contributed by atoms with E-state index in [-0.39, 0.29) is 11.6 Å². The van der Waals surface area contributed by atoms with Crippen LogP contribution in [0, 0.1) is 0 Å². The van der Waals surface area contributed by atoms with Gasteiger partial charge in [-0.25, -0.2) is 8.78 Å². The maximum Gasteiger partial charge on any atom is 0.280 e. The number of hydrogen-bond donors (Lipinski definition) is 0. The lowest BCUT2D eigenvalue weighted by Gasteiger charge is -2.07. The van der Waals surface area contributed by atoms with Crippen LogP contribution in [-0.2, 0) is 6.42 Å². The fourth-order valence-corrected chi connectivity index (χ4v) is 2.19. The van der Waals surface area contributed by atoms with Crippen molar-refractivity contribution in [1.82, 2.24) is 20.1 Å². The van der Waals surface area contributed by atoms with E-state index in [1.807, 2.05) is 12.1 Å². The first kappa shape index (κ1) is 15.2. The lowest BCUT2D eigenvalue weighted by molar-refractivity contribution is 0.146. The molecule has 0 saturated carbocycles. The first-order valence-corrected chi connectivity index (χ1v) is 7.10. The second-order valence-corrected chi connectivity index (χ2v) is 5.17. The Labute approximate surface area is 131 Å². The highest BCUT2D eigenvalue weighted by atomic mass is 19.3. The summed E-state index contributed by atoms with van der Waals surface area (Å²) in [5.41, 5.74) is 1.40. The molecule has 0 aliphatic carbocycles. The van der Waals surface area contributed by atoms with Crippen molar-refractivity contribution in [2.24, 2.45) is 0 Å². The Hall–Kier alpha value is -2.70. The maximum atomic E-state index is 12.5. The van der Waals surface area contributed by atoms with Crippen LogP contribution in [0.4, 0.5) is 8.78 Å². The van der Waals surface area contributed by atoms with Crippen molar-refractivity contribution in [2.45, 2.75) is 25.7 Å². The largest absolute Gasteiger partial charge is 0.339 e. The van der Waals surface area contributed by atoms with E-state index < -0.39 is 6.43 Å². The van der Waals surface area contributed by atoms with Crippen LogP contribution in [0.25, 0.3) is 11.4 Å². The Morgan fingerprint density at radius 3 is 2.57 bits per heavy atom. The molecule has 3 heterocycles. The van der Waals surface area contributed by atoms with Crippen molar-refractivity contribution in [3.05, 3.63) is 60.0 Å². The van der Waals surface area contributed by atoms with Crippen molar-refractivity contribution in [2.75, 3.05) is 0 Å². The standard InChI is InChI=1S/C16H14F2N4O/c1-10(11-4-6-19-7-5-11)8-14-21-16(22-23-14)12-2-3-13(15(17)18)20-9-12/h2-7,9-10,15H,8H2,1H3. The third-order valence-electron chi connectivity index (χ3n) is 3.49. The highest BCUT2D eigenvalue weighted by molar-refractivity contribution is 5.52. The van der Waals surface area contributed by atoms with Gasteiger partial charge >= 0.3 is 0 Å². The number of nitrogens with zero attached hydrogens (tertiary/aromatic N) is 4. The maximum absolute atomic E-state index is 12.5. The number of hydrogen-bond acceptors (Lipinski definition) is 5. The van der Waals surface area contributed by atoms with Crippen LogP contribution < -0.4 is 0 Å². The zero-order chi connectivity index (χ0) is 16.2. The SMILES string of the molecule is CC(Cc1nc(-c2ccc(C(F)F)nc2)no1)c1ccncc1. The molecule has 23 heavy (non-hydrogen) atoms. The van der Waals surface area contributed by atoms with E-state index in [9.17, 15) is 8.78 Å². The molecule has 0 fully saturated rings. The van der Waals surface area contributed by atoms with Gasteiger partial charge in [0.15, 0.2) is 0 Å². The molecular weight excluding hydrogens is 302 g/mol. The van der Waals surface area contributed by atoms with Gasteiger partial charge in [-0.2, -0.15) is 4.98 Å². The Morgan fingerprint density at radius 2 is 1.91 bits per heavy atom. The molecule has 0 radical (unpaired) electrons. The van der Waals surface area contributed by atoms with Crippen LogP contribution in [0.2, 0.25) is 0 Å². The van der Waals surface area contributed by atoms with E-state index in [2.05, 4.69) is 27.0 Å². The average molecular weight is 316 g/mol. The summed E-state index contributed by atoms with van der Waals surface area (Å²) in [7, 11) is 0. The van der Waals surface area contributed by atoms with Crippen molar-refractivity contribution in [3.8, 4) is 11.4 Å². The average Bonchev–Trinajstić information content (AvgIpc) is 3.04. The number of aromatic nitrogens is 4. The van der Waals surface area contributed by atoms with Crippen molar-refractivity contribution >= 4 is 0 Å². The molecule has 0 spiro atoms. The van der Waals surface area contributed by atoms with Crippen LogP contribution in [0.3, 0.4) is 0 Å². The van der Waals surface area contributed by atoms with E-state index in [1.54, 1.807) is 12.4 Å². The molecule has 0 N–H and O–H groups in total. The summed E-state index contributed by atoms with van der Waals surface area (Å²) >= 11 is 0. The van der Waals surface area contributed by atoms with Crippen LogP contribution in [-0.4, -0.2) is 20.1 Å². The Bertz CT molecular complexity index is 759. The summed E-state index contributed by atoms with van der Waals surface area (Å²) in [5, 5.41) is 3.88. The highest BCUT2D eigenvalue weighted by Crippen LogP contribution is 2.22. The zero-order valence-corrected chi connectivity index (χ0v) is 12.4. The molecule has 0 aliphatic heterocycles. The van der Waals surface area contributed by atoms with Crippen molar-refractivity contribution < 1.29 is 13.3 Å². The van der Waals surface area contributed by atoms with Crippen LogP contribution in [0.5, 0.6) is 0 Å². The molecule has 1 atom stereocenters. The van der Waals surface area contributed by atoms with E-state index in [0.29, 0.717) is 23.7 Å². The second kappa shape index (κ2) is 6.60. The quantitative estimate of drug-likeness (QED) is 0.716. The topological polar surface area (TPSA) is 64.7 Å². The van der Waals surface area contributed by atoms with E-state index >= 15 is 0 Å². The first-order valence-electron chi connectivity index (χ1n) is 7.10. The molecule has 5 nitrogen and oxygen atoms in total. The summed E-state index contributed by atoms with van der Waals surface area (Å²) in [6.45, 7) is 2.05. The summed E-state index contributed by atoms with van der Waals surface area (Å²) in [4.78, 5) is 12.0. The molecule has 0 amide bonds. The van der Waals surface area contributed by atoms with Gasteiger partial charge in [-0.3, -0.25) is 9.97 Å². The minimum Gasteiger partial charge on any atom is -0.339 e. The molecule has 0 saturated heterocycles. The van der Waals surface area contributed by atoms with Crippen LogP contribution in [0.15, 0.2) is 47.4 Å². The number of halogens is 2. The lowest BCUT2D eigenvalue weighted by atomic mass is 9.99. The normalized spacial score (nSPS) is 12.5. The summed E-state index contributed by atoms with van der Waals surface area (Å²) in [5.74, 6) is 1.03. The minimum atomic E-state index is -2.59. The molecule has 3 aromatic heterocycles. The van der Waals surface area contributed by atoms with Gasteiger partial charge in [0.25, 0.3) is 6.43 Å². The molecule has 0 aromatic carbocycles. The minimum absolute atomic E-state index is 0.200. The van der Waals surface area contributed by atoms with Gasteiger partial charge in [0, 0.05) is 30.6 Å².